The molecule has 1 fully saturated rings. The van der Waals surface area contributed by atoms with Gasteiger partial charge in [0.1, 0.15) is 0 Å². The zero-order valence-corrected chi connectivity index (χ0v) is 12.4. The van der Waals surface area contributed by atoms with E-state index in [-0.39, 0.29) is 6.03 Å². The monoisotopic (exact) mass is 276 g/mol. The molecule has 5 nitrogen and oxygen atoms in total. The molecule has 2 rings (SSSR count). The quantitative estimate of drug-likeness (QED) is 0.914. The summed E-state index contributed by atoms with van der Waals surface area (Å²) in [6.45, 7) is 8.32. The maximum atomic E-state index is 12.0. The Kier molecular flexibility index (Phi) is 5.21. The summed E-state index contributed by atoms with van der Waals surface area (Å²) in [7, 11) is 0. The molecule has 1 atom stereocenters. The fraction of sp³-hybridized carbons (Fsp3) is 0.600. The summed E-state index contributed by atoms with van der Waals surface area (Å²) in [4.78, 5) is 20.4. The fourth-order valence-electron chi connectivity index (χ4n) is 2.23. The van der Waals surface area contributed by atoms with E-state index in [1.807, 2.05) is 17.2 Å². The maximum absolute atomic E-state index is 12.0. The van der Waals surface area contributed by atoms with Gasteiger partial charge in [-0.3, -0.25) is 4.98 Å². The van der Waals surface area contributed by atoms with Crippen LogP contribution in [0.3, 0.4) is 0 Å². The third-order valence-electron chi connectivity index (χ3n) is 3.88. The number of aromatic nitrogens is 1. The maximum Gasteiger partial charge on any atom is 0.317 e. The number of piperazine rings is 1. The predicted octanol–water partition coefficient (Wildman–Crippen LogP) is 1.96. The number of carbonyl (C=O) groups is 1. The number of rotatable bonds is 4. The van der Waals surface area contributed by atoms with Gasteiger partial charge in [0.2, 0.25) is 0 Å². The normalized spacial score (nSPS) is 16.9. The highest BCUT2D eigenvalue weighted by Crippen LogP contribution is 2.14. The zero-order valence-electron chi connectivity index (χ0n) is 12.4. The molecule has 0 saturated carbocycles. The molecule has 1 aromatic heterocycles. The number of carbonyl (C=O) groups excluding carboxylic acids is 1. The molecule has 2 amide bonds. The van der Waals surface area contributed by atoms with Gasteiger partial charge < -0.3 is 15.1 Å². The smallest absolute Gasteiger partial charge is 0.317 e. The van der Waals surface area contributed by atoms with Crippen LogP contribution in [0.5, 0.6) is 0 Å². The minimum atomic E-state index is 0.0659. The molecular formula is C15H24N4O. The van der Waals surface area contributed by atoms with Crippen LogP contribution in [0.4, 0.5) is 10.5 Å². The van der Waals surface area contributed by atoms with Gasteiger partial charge in [0.25, 0.3) is 0 Å². The van der Waals surface area contributed by atoms with Crippen LogP contribution in [0.2, 0.25) is 0 Å². The molecule has 1 aliphatic heterocycles. The van der Waals surface area contributed by atoms with Gasteiger partial charge in [0.15, 0.2) is 0 Å². The van der Waals surface area contributed by atoms with Gasteiger partial charge in [0, 0.05) is 38.9 Å². The van der Waals surface area contributed by atoms with E-state index in [1.54, 1.807) is 6.20 Å². The Morgan fingerprint density at radius 2 is 2.15 bits per heavy atom. The molecule has 1 saturated heterocycles. The molecule has 0 aliphatic carbocycles. The Bertz CT molecular complexity index is 415. The molecule has 1 N–H and O–H groups in total. The van der Waals surface area contributed by atoms with Crippen molar-refractivity contribution >= 4 is 11.7 Å². The molecular weight excluding hydrogens is 252 g/mol. The zero-order chi connectivity index (χ0) is 14.4. The summed E-state index contributed by atoms with van der Waals surface area (Å²) in [6.07, 6.45) is 4.75. The second-order valence-corrected chi connectivity index (χ2v) is 5.38. The number of hydrogen-bond acceptors (Lipinski definition) is 3. The van der Waals surface area contributed by atoms with E-state index in [9.17, 15) is 4.79 Å². The van der Waals surface area contributed by atoms with Crippen LogP contribution in [0.15, 0.2) is 24.5 Å². The van der Waals surface area contributed by atoms with Crippen molar-refractivity contribution in [1.29, 1.82) is 0 Å². The molecule has 0 aromatic carbocycles. The second-order valence-electron chi connectivity index (χ2n) is 5.38. The van der Waals surface area contributed by atoms with E-state index in [2.05, 4.69) is 35.1 Å². The van der Waals surface area contributed by atoms with Crippen molar-refractivity contribution in [2.24, 2.45) is 5.92 Å². The lowest BCUT2D eigenvalue weighted by Crippen LogP contribution is -2.52. The number of pyridine rings is 1. The van der Waals surface area contributed by atoms with Crippen LogP contribution in [-0.4, -0.2) is 48.6 Å². The van der Waals surface area contributed by atoms with Gasteiger partial charge in [-0.15, -0.1) is 0 Å². The highest BCUT2D eigenvalue weighted by molar-refractivity contribution is 5.74. The summed E-state index contributed by atoms with van der Waals surface area (Å²) in [5.41, 5.74) is 1.13. The SMILES string of the molecule is CC[C@@H](C)CNC(=O)N1CCN(c2cccnc2)CC1. The van der Waals surface area contributed by atoms with E-state index in [4.69, 9.17) is 0 Å². The molecule has 0 unspecified atom stereocenters. The highest BCUT2D eigenvalue weighted by Gasteiger charge is 2.21. The number of hydrogen-bond donors (Lipinski definition) is 1. The van der Waals surface area contributed by atoms with Gasteiger partial charge in [-0.2, -0.15) is 0 Å². The van der Waals surface area contributed by atoms with Crippen LogP contribution in [0.1, 0.15) is 20.3 Å². The van der Waals surface area contributed by atoms with Crippen molar-refractivity contribution in [2.45, 2.75) is 20.3 Å². The third-order valence-corrected chi connectivity index (χ3v) is 3.88. The first kappa shape index (κ1) is 14.6. The van der Waals surface area contributed by atoms with Crippen LogP contribution >= 0.6 is 0 Å². The lowest BCUT2D eigenvalue weighted by atomic mass is 10.1. The van der Waals surface area contributed by atoms with Crippen molar-refractivity contribution in [3.8, 4) is 0 Å². The summed E-state index contributed by atoms with van der Waals surface area (Å²) in [6, 6.07) is 4.07. The predicted molar refractivity (Wildman–Crippen MR) is 80.9 cm³/mol. The Morgan fingerprint density at radius 3 is 2.75 bits per heavy atom. The van der Waals surface area contributed by atoms with Crippen molar-refractivity contribution in [2.75, 3.05) is 37.6 Å². The first-order valence-electron chi connectivity index (χ1n) is 7.38. The van der Waals surface area contributed by atoms with Gasteiger partial charge in [-0.05, 0) is 18.1 Å². The molecule has 110 valence electrons. The summed E-state index contributed by atoms with van der Waals surface area (Å²) in [5.74, 6) is 0.538. The van der Waals surface area contributed by atoms with Crippen LogP contribution < -0.4 is 10.2 Å². The topological polar surface area (TPSA) is 48.5 Å². The summed E-state index contributed by atoms with van der Waals surface area (Å²) < 4.78 is 0. The first-order chi connectivity index (χ1) is 9.70. The van der Waals surface area contributed by atoms with Crippen molar-refractivity contribution < 1.29 is 4.79 Å². The van der Waals surface area contributed by atoms with Crippen molar-refractivity contribution in [1.82, 2.24) is 15.2 Å². The van der Waals surface area contributed by atoms with Gasteiger partial charge in [-0.1, -0.05) is 20.3 Å². The van der Waals surface area contributed by atoms with E-state index in [1.165, 1.54) is 0 Å². The minimum absolute atomic E-state index is 0.0659. The second kappa shape index (κ2) is 7.12. The van der Waals surface area contributed by atoms with Crippen LogP contribution in [0.25, 0.3) is 0 Å². The van der Waals surface area contributed by atoms with Gasteiger partial charge >= 0.3 is 6.03 Å². The lowest BCUT2D eigenvalue weighted by Gasteiger charge is -2.36. The van der Waals surface area contributed by atoms with Gasteiger partial charge in [-0.25, -0.2) is 4.79 Å². The summed E-state index contributed by atoms with van der Waals surface area (Å²) >= 11 is 0. The molecule has 1 aliphatic rings. The first-order valence-corrected chi connectivity index (χ1v) is 7.38. The largest absolute Gasteiger partial charge is 0.367 e. The molecule has 0 bridgehead atoms. The van der Waals surface area contributed by atoms with Crippen molar-refractivity contribution in [3.05, 3.63) is 24.5 Å². The van der Waals surface area contributed by atoms with Crippen LogP contribution in [0, 0.1) is 5.92 Å². The molecule has 5 heteroatoms. The third kappa shape index (κ3) is 3.85. The number of amides is 2. The standard InChI is InChI=1S/C15H24N4O/c1-3-13(2)11-17-15(20)19-9-7-18(8-10-19)14-5-4-6-16-12-14/h4-6,12-13H,3,7-11H2,1-2H3,(H,17,20)/t13-/m1/s1. The Balaban J connectivity index is 1.78. The Morgan fingerprint density at radius 1 is 1.40 bits per heavy atom. The van der Waals surface area contributed by atoms with Crippen molar-refractivity contribution in [3.63, 3.8) is 0 Å². The molecule has 20 heavy (non-hydrogen) atoms. The Hall–Kier alpha value is -1.78. The molecule has 2 heterocycles. The highest BCUT2D eigenvalue weighted by atomic mass is 16.2. The summed E-state index contributed by atoms with van der Waals surface area (Å²) in [5, 5.41) is 3.01. The fourth-order valence-corrected chi connectivity index (χ4v) is 2.23. The van der Waals surface area contributed by atoms with E-state index in [0.29, 0.717) is 5.92 Å². The van der Waals surface area contributed by atoms with E-state index in [0.717, 1.165) is 44.8 Å². The average molecular weight is 276 g/mol. The van der Waals surface area contributed by atoms with E-state index < -0.39 is 0 Å². The number of nitrogens with zero attached hydrogens (tertiary/aromatic N) is 3. The van der Waals surface area contributed by atoms with Gasteiger partial charge in [0.05, 0.1) is 11.9 Å². The lowest BCUT2D eigenvalue weighted by molar-refractivity contribution is 0.192. The molecule has 0 spiro atoms. The Labute approximate surface area is 121 Å². The number of nitrogens with one attached hydrogen (secondary N) is 1. The average Bonchev–Trinajstić information content (AvgIpc) is 2.53. The number of urea groups is 1. The molecule has 1 aromatic rings. The minimum Gasteiger partial charge on any atom is -0.367 e. The van der Waals surface area contributed by atoms with Crippen LogP contribution in [-0.2, 0) is 0 Å². The number of anilines is 1. The molecule has 0 radical (unpaired) electrons. The van der Waals surface area contributed by atoms with E-state index >= 15 is 0 Å².